The Kier molecular flexibility index (Phi) is 4.95. The smallest absolute Gasteiger partial charge is 0.128 e. The highest BCUT2D eigenvalue weighted by Gasteiger charge is 2.32. The Labute approximate surface area is 121 Å². The summed E-state index contributed by atoms with van der Waals surface area (Å²) >= 11 is 0. The summed E-state index contributed by atoms with van der Waals surface area (Å²) in [6.07, 6.45) is 4.32. The fourth-order valence-corrected chi connectivity index (χ4v) is 3.16. The van der Waals surface area contributed by atoms with Crippen LogP contribution in [0.3, 0.4) is 0 Å². The van der Waals surface area contributed by atoms with Crippen LogP contribution in [0.4, 0.5) is 4.39 Å². The van der Waals surface area contributed by atoms with Crippen molar-refractivity contribution in [2.24, 2.45) is 5.73 Å². The SMILES string of the molecule is C=C(C)CC(N)(CN1CCCCC1)c1ccccc1F. The molecule has 1 fully saturated rings. The summed E-state index contributed by atoms with van der Waals surface area (Å²) < 4.78 is 14.2. The number of likely N-dealkylation sites (tertiary alicyclic amines) is 1. The highest BCUT2D eigenvalue weighted by atomic mass is 19.1. The van der Waals surface area contributed by atoms with Gasteiger partial charge in [-0.3, -0.25) is 0 Å². The van der Waals surface area contributed by atoms with Crippen LogP contribution < -0.4 is 5.73 Å². The van der Waals surface area contributed by atoms with Gasteiger partial charge in [-0.05, 0) is 45.3 Å². The first-order valence-corrected chi connectivity index (χ1v) is 7.42. The van der Waals surface area contributed by atoms with Crippen LogP contribution in [0.5, 0.6) is 0 Å². The van der Waals surface area contributed by atoms with Crippen molar-refractivity contribution in [3.05, 3.63) is 47.8 Å². The molecule has 1 heterocycles. The van der Waals surface area contributed by atoms with Crippen molar-refractivity contribution in [3.8, 4) is 0 Å². The number of hydrogen-bond acceptors (Lipinski definition) is 2. The van der Waals surface area contributed by atoms with E-state index in [9.17, 15) is 4.39 Å². The van der Waals surface area contributed by atoms with Crippen molar-refractivity contribution in [1.82, 2.24) is 4.90 Å². The monoisotopic (exact) mass is 276 g/mol. The van der Waals surface area contributed by atoms with Crippen molar-refractivity contribution in [1.29, 1.82) is 0 Å². The minimum Gasteiger partial charge on any atom is -0.320 e. The quantitative estimate of drug-likeness (QED) is 0.835. The molecule has 0 saturated carbocycles. The van der Waals surface area contributed by atoms with Crippen LogP contribution in [0.15, 0.2) is 36.4 Å². The molecule has 2 nitrogen and oxygen atoms in total. The number of rotatable bonds is 5. The van der Waals surface area contributed by atoms with Crippen LogP contribution in [0.25, 0.3) is 0 Å². The molecule has 0 amide bonds. The Bertz CT molecular complexity index is 466. The molecule has 20 heavy (non-hydrogen) atoms. The summed E-state index contributed by atoms with van der Waals surface area (Å²) in [5, 5.41) is 0. The molecule has 1 aliphatic rings. The second-order valence-electron chi connectivity index (χ2n) is 6.11. The summed E-state index contributed by atoms with van der Waals surface area (Å²) in [7, 11) is 0. The molecule has 0 spiro atoms. The second kappa shape index (κ2) is 6.51. The van der Waals surface area contributed by atoms with Crippen LogP contribution in [-0.2, 0) is 5.54 Å². The van der Waals surface area contributed by atoms with Gasteiger partial charge >= 0.3 is 0 Å². The zero-order valence-electron chi connectivity index (χ0n) is 12.4. The molecule has 0 aliphatic carbocycles. The maximum absolute atomic E-state index is 14.2. The topological polar surface area (TPSA) is 29.3 Å². The first kappa shape index (κ1) is 15.2. The molecule has 1 aliphatic heterocycles. The van der Waals surface area contributed by atoms with Crippen molar-refractivity contribution >= 4 is 0 Å². The van der Waals surface area contributed by atoms with Crippen molar-refractivity contribution < 1.29 is 4.39 Å². The minimum atomic E-state index is -0.686. The van der Waals surface area contributed by atoms with E-state index in [1.54, 1.807) is 6.07 Å². The van der Waals surface area contributed by atoms with Gasteiger partial charge in [-0.15, -0.1) is 6.58 Å². The third kappa shape index (κ3) is 3.68. The lowest BCUT2D eigenvalue weighted by Crippen LogP contribution is -2.49. The zero-order valence-corrected chi connectivity index (χ0v) is 12.4. The minimum absolute atomic E-state index is 0.215. The predicted octanol–water partition coefficient (Wildman–Crippen LogP) is 3.43. The van der Waals surface area contributed by atoms with Crippen LogP contribution in [-0.4, -0.2) is 24.5 Å². The molecular formula is C17H25FN2. The normalized spacial score (nSPS) is 19.6. The van der Waals surface area contributed by atoms with E-state index in [1.165, 1.54) is 25.3 Å². The Morgan fingerprint density at radius 1 is 1.30 bits per heavy atom. The van der Waals surface area contributed by atoms with Gasteiger partial charge in [0.05, 0.1) is 5.54 Å². The summed E-state index contributed by atoms with van der Waals surface area (Å²) in [4.78, 5) is 2.36. The predicted molar refractivity (Wildman–Crippen MR) is 82.0 cm³/mol. The first-order valence-electron chi connectivity index (χ1n) is 7.42. The standard InChI is InChI=1S/C17H25FN2/c1-14(2)12-17(19,13-20-10-6-3-7-11-20)15-8-4-5-9-16(15)18/h4-5,8-9H,1,3,6-7,10-13,19H2,2H3. The van der Waals surface area contributed by atoms with E-state index in [0.717, 1.165) is 18.7 Å². The highest BCUT2D eigenvalue weighted by molar-refractivity contribution is 5.28. The maximum Gasteiger partial charge on any atom is 0.128 e. The third-order valence-corrected chi connectivity index (χ3v) is 3.98. The van der Waals surface area contributed by atoms with E-state index in [2.05, 4.69) is 11.5 Å². The Morgan fingerprint density at radius 3 is 2.55 bits per heavy atom. The fraction of sp³-hybridized carbons (Fsp3) is 0.529. The van der Waals surface area contributed by atoms with Gasteiger partial charge in [0.25, 0.3) is 0 Å². The van der Waals surface area contributed by atoms with Gasteiger partial charge in [0, 0.05) is 12.1 Å². The van der Waals surface area contributed by atoms with Gasteiger partial charge in [0.2, 0.25) is 0 Å². The zero-order chi connectivity index (χ0) is 14.6. The molecule has 2 rings (SSSR count). The Balaban J connectivity index is 2.24. The number of halogens is 1. The van der Waals surface area contributed by atoms with Crippen LogP contribution >= 0.6 is 0 Å². The van der Waals surface area contributed by atoms with Crippen LogP contribution in [0.1, 0.15) is 38.2 Å². The number of benzene rings is 1. The van der Waals surface area contributed by atoms with E-state index in [4.69, 9.17) is 5.73 Å². The number of nitrogens with zero attached hydrogens (tertiary/aromatic N) is 1. The maximum atomic E-state index is 14.2. The first-order chi connectivity index (χ1) is 9.51. The van der Waals surface area contributed by atoms with Gasteiger partial charge in [-0.2, -0.15) is 0 Å². The molecule has 1 aromatic rings. The summed E-state index contributed by atoms with van der Waals surface area (Å²) in [5.74, 6) is -0.215. The van der Waals surface area contributed by atoms with Crippen molar-refractivity contribution in [2.75, 3.05) is 19.6 Å². The number of piperidine rings is 1. The van der Waals surface area contributed by atoms with Crippen LogP contribution in [0.2, 0.25) is 0 Å². The van der Waals surface area contributed by atoms with E-state index in [0.29, 0.717) is 18.5 Å². The lowest BCUT2D eigenvalue weighted by molar-refractivity contribution is 0.174. The summed E-state index contributed by atoms with van der Waals surface area (Å²) in [6, 6.07) is 6.86. The molecule has 0 bridgehead atoms. The summed E-state index contributed by atoms with van der Waals surface area (Å²) in [6.45, 7) is 8.74. The summed E-state index contributed by atoms with van der Waals surface area (Å²) in [5.41, 5.74) is 7.52. The van der Waals surface area contributed by atoms with Crippen molar-refractivity contribution in [3.63, 3.8) is 0 Å². The number of hydrogen-bond donors (Lipinski definition) is 1. The average Bonchev–Trinajstić information content (AvgIpc) is 2.39. The van der Waals surface area contributed by atoms with Crippen LogP contribution in [0, 0.1) is 5.82 Å². The van der Waals surface area contributed by atoms with E-state index >= 15 is 0 Å². The molecule has 2 N–H and O–H groups in total. The highest BCUT2D eigenvalue weighted by Crippen LogP contribution is 2.29. The average molecular weight is 276 g/mol. The lowest BCUT2D eigenvalue weighted by Gasteiger charge is -2.38. The van der Waals surface area contributed by atoms with Gasteiger partial charge in [-0.1, -0.05) is 30.2 Å². The third-order valence-electron chi connectivity index (χ3n) is 3.98. The molecule has 0 radical (unpaired) electrons. The Morgan fingerprint density at radius 2 is 1.95 bits per heavy atom. The molecule has 1 unspecified atom stereocenters. The van der Waals surface area contributed by atoms with Crippen molar-refractivity contribution in [2.45, 2.75) is 38.1 Å². The fourth-order valence-electron chi connectivity index (χ4n) is 3.16. The molecule has 0 aromatic heterocycles. The number of nitrogens with two attached hydrogens (primary N) is 1. The molecule has 3 heteroatoms. The van der Waals surface area contributed by atoms with Gasteiger partial charge in [0.15, 0.2) is 0 Å². The second-order valence-corrected chi connectivity index (χ2v) is 6.11. The molecular weight excluding hydrogens is 251 g/mol. The largest absolute Gasteiger partial charge is 0.320 e. The molecule has 1 saturated heterocycles. The van der Waals surface area contributed by atoms with Gasteiger partial charge < -0.3 is 10.6 Å². The Hall–Kier alpha value is -1.19. The van der Waals surface area contributed by atoms with Gasteiger partial charge in [-0.25, -0.2) is 4.39 Å². The lowest BCUT2D eigenvalue weighted by atomic mass is 9.84. The van der Waals surface area contributed by atoms with E-state index in [-0.39, 0.29) is 5.82 Å². The molecule has 110 valence electrons. The van der Waals surface area contributed by atoms with E-state index < -0.39 is 5.54 Å². The molecule has 1 aromatic carbocycles. The van der Waals surface area contributed by atoms with Gasteiger partial charge in [0.1, 0.15) is 5.82 Å². The molecule has 1 atom stereocenters. The van der Waals surface area contributed by atoms with E-state index in [1.807, 2.05) is 19.1 Å².